The van der Waals surface area contributed by atoms with E-state index in [2.05, 4.69) is 13.8 Å². The van der Waals surface area contributed by atoms with Crippen LogP contribution in [0.4, 0.5) is 8.78 Å². The highest BCUT2D eigenvalue weighted by molar-refractivity contribution is 5.86. The third kappa shape index (κ3) is 11.9. The van der Waals surface area contributed by atoms with Gasteiger partial charge in [0.05, 0.1) is 25.9 Å². The first-order chi connectivity index (χ1) is 23.8. The van der Waals surface area contributed by atoms with E-state index in [-0.39, 0.29) is 19.4 Å². The molecule has 5 fully saturated rings. The van der Waals surface area contributed by atoms with Crippen molar-refractivity contribution in [1.82, 2.24) is 0 Å². The van der Waals surface area contributed by atoms with E-state index < -0.39 is 36.1 Å². The molecule has 1 N–H and O–H groups in total. The molecule has 1 unspecified atom stereocenters. The molecule has 0 aromatic rings. The quantitative estimate of drug-likeness (QED) is 0.173. The minimum Gasteiger partial charge on any atom is -0.396 e. The number of Topliss-reactive ketones (excluding diaryl/α,β-unsaturated/α-hetero) is 1. The Kier molecular flexibility index (Phi) is 17.7. The van der Waals surface area contributed by atoms with Crippen LogP contribution in [-0.2, 0) is 23.7 Å². The van der Waals surface area contributed by atoms with E-state index in [4.69, 9.17) is 24.1 Å². The highest BCUT2D eigenvalue weighted by atomic mass is 19.3. The van der Waals surface area contributed by atoms with Crippen LogP contribution in [0.15, 0.2) is 0 Å². The molecule has 4 saturated carbocycles. The third-order valence-corrected chi connectivity index (χ3v) is 13.2. The van der Waals surface area contributed by atoms with Gasteiger partial charge in [-0.25, -0.2) is 0 Å². The number of hydrogen-bond donors (Lipinski definition) is 1. The monoisotopic (exact) mass is 699 g/mol. The Balaban J connectivity index is 0.000000592. The van der Waals surface area contributed by atoms with Crippen molar-refractivity contribution in [2.45, 2.75) is 192 Å². The first-order valence-electron chi connectivity index (χ1n) is 20.7. The lowest BCUT2D eigenvalue weighted by atomic mass is 9.74. The van der Waals surface area contributed by atoms with Crippen LogP contribution in [0.3, 0.4) is 0 Å². The Labute approximate surface area is 297 Å². The molecule has 0 spiro atoms. The first-order valence-corrected chi connectivity index (χ1v) is 20.7. The summed E-state index contributed by atoms with van der Waals surface area (Å²) in [6.07, 6.45) is 20.8. The Morgan fingerprint density at radius 1 is 0.735 bits per heavy atom. The molecule has 1 saturated heterocycles. The predicted molar refractivity (Wildman–Crippen MR) is 191 cm³/mol. The average molecular weight is 699 g/mol. The van der Waals surface area contributed by atoms with Crippen LogP contribution in [0.1, 0.15) is 162 Å². The normalized spacial score (nSPS) is 30.5. The number of ether oxygens (including phenoxy) is 4. The molecule has 0 aromatic carbocycles. The van der Waals surface area contributed by atoms with Crippen LogP contribution in [0.2, 0.25) is 0 Å². The molecule has 8 heteroatoms. The third-order valence-electron chi connectivity index (χ3n) is 13.2. The lowest BCUT2D eigenvalue weighted by Gasteiger charge is -2.44. The fourth-order valence-corrected chi connectivity index (χ4v) is 9.65. The zero-order valence-corrected chi connectivity index (χ0v) is 31.5. The van der Waals surface area contributed by atoms with E-state index in [1.807, 2.05) is 0 Å². The summed E-state index contributed by atoms with van der Waals surface area (Å²) < 4.78 is 56.3. The van der Waals surface area contributed by atoms with Gasteiger partial charge in [0.15, 0.2) is 0 Å². The van der Waals surface area contributed by atoms with Gasteiger partial charge in [0, 0.05) is 26.1 Å². The average Bonchev–Trinajstić information content (AvgIpc) is 3.57. The Morgan fingerprint density at radius 2 is 1.29 bits per heavy atom. The Hall–Kier alpha value is -0.670. The van der Waals surface area contributed by atoms with Crippen molar-refractivity contribution in [3.63, 3.8) is 0 Å². The van der Waals surface area contributed by atoms with Crippen molar-refractivity contribution in [1.29, 1.82) is 0 Å². The number of ketones is 1. The number of carbonyl (C=O) groups is 1. The highest BCUT2D eigenvalue weighted by Gasteiger charge is 2.54. The predicted octanol–water partition coefficient (Wildman–Crippen LogP) is 9.87. The van der Waals surface area contributed by atoms with E-state index in [1.54, 1.807) is 0 Å². The minimum atomic E-state index is -3.56. The van der Waals surface area contributed by atoms with Crippen LogP contribution in [0, 0.1) is 29.1 Å². The molecule has 1 heterocycles. The van der Waals surface area contributed by atoms with Crippen LogP contribution in [0.5, 0.6) is 0 Å². The second-order valence-corrected chi connectivity index (χ2v) is 16.4. The summed E-state index contributed by atoms with van der Waals surface area (Å²) in [5.41, 5.74) is 0.305. The minimum absolute atomic E-state index is 0.0330. The molecule has 0 bridgehead atoms. The highest BCUT2D eigenvalue weighted by Crippen LogP contribution is 2.48. The number of rotatable bonds is 16. The van der Waals surface area contributed by atoms with Crippen LogP contribution >= 0.6 is 0 Å². The Morgan fingerprint density at radius 3 is 1.80 bits per heavy atom. The molecule has 1 aliphatic heterocycles. The van der Waals surface area contributed by atoms with Crippen LogP contribution in [0.25, 0.3) is 0 Å². The number of hydrogen-bond acceptors (Lipinski definition) is 6. The second kappa shape index (κ2) is 21.1. The lowest BCUT2D eigenvalue weighted by molar-refractivity contribution is -0.257. The number of aliphatic hydroxyl groups is 1. The van der Waals surface area contributed by atoms with Crippen molar-refractivity contribution in [2.24, 2.45) is 29.1 Å². The van der Waals surface area contributed by atoms with E-state index in [1.165, 1.54) is 90.4 Å². The number of alkyl halides is 2. The van der Waals surface area contributed by atoms with Crippen LogP contribution < -0.4 is 0 Å². The summed E-state index contributed by atoms with van der Waals surface area (Å²) >= 11 is 0. The van der Waals surface area contributed by atoms with Crippen molar-refractivity contribution >= 4 is 5.78 Å². The molecule has 4 aliphatic carbocycles. The molecule has 286 valence electrons. The first kappa shape index (κ1) is 41.1. The molecular formula is C41H72F2O6. The van der Waals surface area contributed by atoms with Gasteiger partial charge >= 0.3 is 5.92 Å². The number of carbonyl (C=O) groups excluding carboxylic acids is 1. The van der Waals surface area contributed by atoms with E-state index in [9.17, 15) is 4.79 Å². The van der Waals surface area contributed by atoms with E-state index in [0.717, 1.165) is 44.9 Å². The van der Waals surface area contributed by atoms with Gasteiger partial charge in [-0.05, 0) is 80.5 Å². The summed E-state index contributed by atoms with van der Waals surface area (Å²) in [7, 11) is 0. The maximum absolute atomic E-state index is 15.4. The fourth-order valence-electron chi connectivity index (χ4n) is 9.65. The van der Waals surface area contributed by atoms with Crippen molar-refractivity contribution in [3.05, 3.63) is 0 Å². The van der Waals surface area contributed by atoms with Crippen LogP contribution in [-0.4, -0.2) is 74.3 Å². The van der Waals surface area contributed by atoms with Crippen molar-refractivity contribution < 1.29 is 37.6 Å². The van der Waals surface area contributed by atoms with Gasteiger partial charge in [-0.3, -0.25) is 4.79 Å². The topological polar surface area (TPSA) is 74.2 Å². The standard InChI is InChI=1S/C34H58F2O5.C7H14O/c1-4-30(37)34(35,36)31-20-28(39-21-25-14-9-7-10-15-25)32(40-22-26-16-11-8-12-17-26)29(41-31)24-38-23-27-18-13-19-33(27,5-2)6-3;8-6-7-4-2-1-3-5-7/h25-29,31-32H,4-24H2,1-3H3;7-8H,1-6H2/t27?,28-,29-,31-,32-;/m1./s1. The van der Waals surface area contributed by atoms with Gasteiger partial charge in [-0.15, -0.1) is 0 Å². The molecule has 0 aromatic heterocycles. The summed E-state index contributed by atoms with van der Waals surface area (Å²) in [4.78, 5) is 12.4. The summed E-state index contributed by atoms with van der Waals surface area (Å²) in [5, 5.41) is 8.69. The smallest absolute Gasteiger partial charge is 0.330 e. The van der Waals surface area contributed by atoms with Gasteiger partial charge < -0.3 is 24.1 Å². The SMILES string of the molecule is CCC(=O)C(F)(F)[C@H]1C[C@@H](OCC2CCCCC2)[C@@H](OCC2CCCCC2)[C@@H](COCC2CCCC2(CC)CC)O1.OCC1CCCCC1. The molecule has 0 amide bonds. The van der Waals surface area contributed by atoms with Crippen molar-refractivity contribution in [3.8, 4) is 0 Å². The van der Waals surface area contributed by atoms with Gasteiger partial charge in [0.2, 0.25) is 5.78 Å². The molecule has 6 nitrogen and oxygen atoms in total. The second-order valence-electron chi connectivity index (χ2n) is 16.4. The number of aliphatic hydroxyl groups excluding tert-OH is 1. The molecule has 49 heavy (non-hydrogen) atoms. The zero-order valence-electron chi connectivity index (χ0n) is 31.5. The van der Waals surface area contributed by atoms with Gasteiger partial charge in [0.25, 0.3) is 0 Å². The van der Waals surface area contributed by atoms with Crippen molar-refractivity contribution in [2.75, 3.05) is 33.0 Å². The molecule has 0 radical (unpaired) electrons. The zero-order chi connectivity index (χ0) is 35.1. The molecule has 5 aliphatic rings. The largest absolute Gasteiger partial charge is 0.396 e. The van der Waals surface area contributed by atoms with E-state index in [0.29, 0.717) is 55.5 Å². The lowest BCUT2D eigenvalue weighted by Crippen LogP contribution is -2.58. The van der Waals surface area contributed by atoms with Gasteiger partial charge in [0.1, 0.15) is 18.3 Å². The molecule has 5 rings (SSSR count). The van der Waals surface area contributed by atoms with Gasteiger partial charge in [-0.2, -0.15) is 8.78 Å². The molecule has 5 atom stereocenters. The summed E-state index contributed by atoms with van der Waals surface area (Å²) in [6.45, 7) is 8.39. The number of halogens is 2. The summed E-state index contributed by atoms with van der Waals surface area (Å²) in [6, 6.07) is 0. The maximum Gasteiger partial charge on any atom is 0.330 e. The van der Waals surface area contributed by atoms with E-state index >= 15 is 8.78 Å². The maximum atomic E-state index is 15.4. The molecular weight excluding hydrogens is 626 g/mol. The Bertz CT molecular complexity index is 910. The fraction of sp³-hybridized carbons (Fsp3) is 0.976. The summed E-state index contributed by atoms with van der Waals surface area (Å²) in [5.74, 6) is -2.58. The van der Waals surface area contributed by atoms with Gasteiger partial charge in [-0.1, -0.05) is 97.8 Å².